The van der Waals surface area contributed by atoms with Gasteiger partial charge in [-0.1, -0.05) is 90.1 Å². The lowest BCUT2D eigenvalue weighted by atomic mass is 10.00. The van der Waals surface area contributed by atoms with Crippen molar-refractivity contribution < 1.29 is 9.59 Å². The summed E-state index contributed by atoms with van der Waals surface area (Å²) >= 11 is 0. The number of carbonyl (C=O) groups excluding carboxylic acids is 2. The quantitative estimate of drug-likeness (QED) is 0.413. The third-order valence-corrected chi connectivity index (χ3v) is 4.35. The lowest BCUT2D eigenvalue weighted by molar-refractivity contribution is -0.106. The molecule has 1 aromatic carbocycles. The molecular weight excluding hydrogens is 398 g/mol. The SMILES string of the molecule is CC.CC=O.CCCCC(CC)CNC.CCCc1ccc(C)cc1.O=Cc1cn[nH]c1. The van der Waals surface area contributed by atoms with E-state index >= 15 is 0 Å². The van der Waals surface area contributed by atoms with Crippen molar-refractivity contribution in [2.45, 2.75) is 87.0 Å². The third kappa shape index (κ3) is 24.0. The number of aromatic amines is 1. The van der Waals surface area contributed by atoms with E-state index in [0.717, 1.165) is 18.5 Å². The smallest absolute Gasteiger partial charge is 0.153 e. The number of H-pyrrole nitrogens is 1. The van der Waals surface area contributed by atoms with Crippen LogP contribution in [0.1, 0.15) is 95.1 Å². The van der Waals surface area contributed by atoms with Crippen LogP contribution < -0.4 is 5.32 Å². The van der Waals surface area contributed by atoms with Crippen molar-refractivity contribution in [2.24, 2.45) is 5.92 Å². The number of hydrogen-bond donors (Lipinski definition) is 2. The summed E-state index contributed by atoms with van der Waals surface area (Å²) in [7, 11) is 2.04. The number of nitrogens with one attached hydrogen (secondary N) is 2. The second kappa shape index (κ2) is 28.7. The average Bonchev–Trinajstić information content (AvgIpc) is 3.35. The molecule has 0 spiro atoms. The molecule has 0 aliphatic heterocycles. The molecule has 0 aliphatic rings. The van der Waals surface area contributed by atoms with E-state index in [2.05, 4.69) is 67.5 Å². The number of benzene rings is 1. The molecule has 2 N–H and O–H groups in total. The Labute approximate surface area is 197 Å². The number of unbranched alkanes of at least 4 members (excludes halogenated alkanes) is 1. The third-order valence-electron chi connectivity index (χ3n) is 4.35. The van der Waals surface area contributed by atoms with Crippen LogP contribution >= 0.6 is 0 Å². The maximum absolute atomic E-state index is 9.81. The fraction of sp³-hybridized carbons (Fsp3) is 0.593. The molecule has 0 aliphatic carbocycles. The highest BCUT2D eigenvalue weighted by Crippen LogP contribution is 2.10. The van der Waals surface area contributed by atoms with E-state index in [-0.39, 0.29) is 0 Å². The van der Waals surface area contributed by atoms with E-state index in [1.54, 1.807) is 0 Å². The fourth-order valence-electron chi connectivity index (χ4n) is 2.60. The first kappa shape index (κ1) is 34.3. The molecule has 1 heterocycles. The molecule has 0 amide bonds. The van der Waals surface area contributed by atoms with Gasteiger partial charge in [0.05, 0.1) is 11.8 Å². The van der Waals surface area contributed by atoms with Crippen molar-refractivity contribution in [3.63, 3.8) is 0 Å². The second-order valence-corrected chi connectivity index (χ2v) is 7.09. The zero-order chi connectivity index (χ0) is 25.0. The molecule has 0 fully saturated rings. The molecule has 1 unspecified atom stereocenters. The summed E-state index contributed by atoms with van der Waals surface area (Å²) in [6.45, 7) is 15.5. The Morgan fingerprint density at radius 2 is 1.66 bits per heavy atom. The Hall–Kier alpha value is -2.27. The van der Waals surface area contributed by atoms with Crippen LogP contribution in [0.5, 0.6) is 0 Å². The van der Waals surface area contributed by atoms with Gasteiger partial charge in [-0.05, 0) is 51.8 Å². The fourth-order valence-corrected chi connectivity index (χ4v) is 2.60. The Morgan fingerprint density at radius 1 is 1.06 bits per heavy atom. The van der Waals surface area contributed by atoms with E-state index in [1.165, 1.54) is 75.5 Å². The van der Waals surface area contributed by atoms with Crippen LogP contribution in [0.2, 0.25) is 0 Å². The predicted octanol–water partition coefficient (Wildman–Crippen LogP) is 6.82. The largest absolute Gasteiger partial charge is 0.319 e. The van der Waals surface area contributed by atoms with E-state index in [1.807, 2.05) is 20.9 Å². The van der Waals surface area contributed by atoms with E-state index < -0.39 is 0 Å². The molecule has 1 atom stereocenters. The number of rotatable bonds is 9. The van der Waals surface area contributed by atoms with Crippen LogP contribution in [0.15, 0.2) is 36.7 Å². The highest BCUT2D eigenvalue weighted by atomic mass is 16.1. The van der Waals surface area contributed by atoms with Gasteiger partial charge in [-0.3, -0.25) is 9.89 Å². The van der Waals surface area contributed by atoms with Gasteiger partial charge in [0.1, 0.15) is 6.29 Å². The number of aryl methyl sites for hydroxylation is 2. The van der Waals surface area contributed by atoms with Gasteiger partial charge in [0.2, 0.25) is 0 Å². The van der Waals surface area contributed by atoms with Crippen LogP contribution in [0.4, 0.5) is 0 Å². The average molecular weight is 448 g/mol. The summed E-state index contributed by atoms with van der Waals surface area (Å²) in [4.78, 5) is 18.6. The lowest BCUT2D eigenvalue weighted by Gasteiger charge is -2.12. The molecule has 5 nitrogen and oxygen atoms in total. The van der Waals surface area contributed by atoms with Crippen molar-refractivity contribution in [1.82, 2.24) is 15.5 Å². The minimum atomic E-state index is 0.583. The minimum Gasteiger partial charge on any atom is -0.319 e. The molecule has 32 heavy (non-hydrogen) atoms. The van der Waals surface area contributed by atoms with E-state index in [0.29, 0.717) is 5.56 Å². The number of nitrogens with zero attached hydrogens (tertiary/aromatic N) is 1. The maximum atomic E-state index is 9.81. The first-order valence-electron chi connectivity index (χ1n) is 12.1. The number of hydrogen-bond acceptors (Lipinski definition) is 4. The van der Waals surface area contributed by atoms with Crippen molar-refractivity contribution in [3.8, 4) is 0 Å². The summed E-state index contributed by atoms with van der Waals surface area (Å²) in [5, 5.41) is 9.26. The summed E-state index contributed by atoms with van der Waals surface area (Å²) < 4.78 is 0. The van der Waals surface area contributed by atoms with Crippen LogP contribution in [0, 0.1) is 12.8 Å². The van der Waals surface area contributed by atoms with Gasteiger partial charge >= 0.3 is 0 Å². The van der Waals surface area contributed by atoms with Crippen LogP contribution in [0.25, 0.3) is 0 Å². The van der Waals surface area contributed by atoms with Gasteiger partial charge in [-0.2, -0.15) is 5.10 Å². The van der Waals surface area contributed by atoms with E-state index in [9.17, 15) is 4.79 Å². The maximum Gasteiger partial charge on any atom is 0.153 e. The molecule has 0 saturated heterocycles. The van der Waals surface area contributed by atoms with Crippen LogP contribution in [-0.4, -0.2) is 36.4 Å². The summed E-state index contributed by atoms with van der Waals surface area (Å²) in [6, 6.07) is 8.76. The molecule has 2 rings (SSSR count). The first-order chi connectivity index (χ1) is 15.5. The standard InChI is InChI=1S/C10H14.C9H21N.C4H4N2O.C2H4O.C2H6/c1-3-4-10-7-5-9(2)6-8-10;1-4-6-7-9(5-2)8-10-3;7-3-4-1-5-6-2-4;1-2-3;1-2/h5-8H,3-4H2,1-2H3;9-10H,4-8H2,1-3H3;1-3H,(H,5,6);2H,1H3;1-2H3. The highest BCUT2D eigenvalue weighted by Gasteiger charge is 2.02. The molecule has 1 aromatic heterocycles. The first-order valence-corrected chi connectivity index (χ1v) is 12.1. The van der Waals surface area contributed by atoms with Crippen molar-refractivity contribution in [3.05, 3.63) is 53.3 Å². The van der Waals surface area contributed by atoms with E-state index in [4.69, 9.17) is 4.79 Å². The van der Waals surface area contributed by atoms with Gasteiger partial charge in [-0.15, -0.1) is 0 Å². The number of carbonyl (C=O) groups is 2. The zero-order valence-corrected chi connectivity index (χ0v) is 21.9. The summed E-state index contributed by atoms with van der Waals surface area (Å²) in [5.41, 5.74) is 3.38. The van der Waals surface area contributed by atoms with Crippen molar-refractivity contribution >= 4 is 12.6 Å². The summed E-state index contributed by atoms with van der Waals surface area (Å²) in [5.74, 6) is 0.907. The van der Waals surface area contributed by atoms with Gasteiger partial charge in [0.25, 0.3) is 0 Å². The Kier molecular flexibility index (Phi) is 30.8. The van der Waals surface area contributed by atoms with Gasteiger partial charge in [0.15, 0.2) is 6.29 Å². The molecule has 184 valence electrons. The highest BCUT2D eigenvalue weighted by molar-refractivity contribution is 5.73. The molecule has 0 saturated carbocycles. The topological polar surface area (TPSA) is 74.8 Å². The van der Waals surface area contributed by atoms with Crippen LogP contribution in [-0.2, 0) is 11.2 Å². The zero-order valence-electron chi connectivity index (χ0n) is 21.9. The number of aromatic nitrogens is 2. The van der Waals surface area contributed by atoms with Crippen molar-refractivity contribution in [1.29, 1.82) is 0 Å². The Morgan fingerprint density at radius 3 is 2.00 bits per heavy atom. The Balaban J connectivity index is -0.000000361. The molecule has 0 bridgehead atoms. The molecule has 2 aromatic rings. The second-order valence-electron chi connectivity index (χ2n) is 7.09. The van der Waals surface area contributed by atoms with Crippen molar-refractivity contribution in [2.75, 3.05) is 13.6 Å². The number of aldehydes is 2. The lowest BCUT2D eigenvalue weighted by Crippen LogP contribution is -2.17. The van der Waals surface area contributed by atoms with Gasteiger partial charge in [0, 0.05) is 6.20 Å². The van der Waals surface area contributed by atoms with Crippen LogP contribution in [0.3, 0.4) is 0 Å². The Bertz CT molecular complexity index is 596. The minimum absolute atomic E-state index is 0.583. The monoisotopic (exact) mass is 447 g/mol. The molecule has 0 radical (unpaired) electrons. The molecular formula is C27H49N3O2. The predicted molar refractivity (Wildman–Crippen MR) is 139 cm³/mol. The molecule has 5 heteroatoms. The normalized spacial score (nSPS) is 9.75. The summed E-state index contributed by atoms with van der Waals surface area (Å²) in [6.07, 6.45) is 12.4. The van der Waals surface area contributed by atoms with Gasteiger partial charge in [-0.25, -0.2) is 0 Å². The van der Waals surface area contributed by atoms with Gasteiger partial charge < -0.3 is 10.1 Å².